The van der Waals surface area contributed by atoms with E-state index in [1.807, 2.05) is 13.0 Å². The molecule has 4 nitrogen and oxygen atoms in total. The summed E-state index contributed by atoms with van der Waals surface area (Å²) in [6.45, 7) is 4.70. The molecule has 0 saturated heterocycles. The molecule has 0 aliphatic rings. The lowest BCUT2D eigenvalue weighted by atomic mass is 10.0. The average Bonchev–Trinajstić information content (AvgIpc) is 2.30. The fourth-order valence-electron chi connectivity index (χ4n) is 1.85. The molecule has 0 saturated carbocycles. The van der Waals surface area contributed by atoms with E-state index in [1.165, 1.54) is 11.1 Å². The molecule has 0 bridgehead atoms. The topological polar surface area (TPSA) is 50.4 Å². The van der Waals surface area contributed by atoms with E-state index in [1.54, 1.807) is 14.2 Å². The molecule has 1 aromatic rings. The molecule has 94 valence electrons. The lowest BCUT2D eigenvalue weighted by Crippen LogP contribution is -2.34. The predicted octanol–water partition coefficient (Wildman–Crippen LogP) is 1.78. The van der Waals surface area contributed by atoms with Crippen molar-refractivity contribution in [1.29, 1.82) is 0 Å². The van der Waals surface area contributed by atoms with Crippen molar-refractivity contribution in [3.63, 3.8) is 0 Å². The second-order valence-electron chi connectivity index (χ2n) is 4.02. The first kappa shape index (κ1) is 13.4. The number of hydrogen-bond acceptors (Lipinski definition) is 2. The first-order valence-electron chi connectivity index (χ1n) is 5.68. The molecule has 0 radical (unpaired) electrons. The Bertz CT molecular complexity index is 403. The van der Waals surface area contributed by atoms with Gasteiger partial charge in [-0.3, -0.25) is 0 Å². The molecule has 0 aliphatic carbocycles. The van der Waals surface area contributed by atoms with Gasteiger partial charge < -0.3 is 15.4 Å². The molecule has 0 atom stereocenters. The fraction of sp³-hybridized carbons (Fsp3) is 0.462. The van der Waals surface area contributed by atoms with E-state index >= 15 is 0 Å². The summed E-state index contributed by atoms with van der Waals surface area (Å²) in [5, 5.41) is 5.29. The van der Waals surface area contributed by atoms with Crippen molar-refractivity contribution in [3.05, 3.63) is 28.8 Å². The van der Waals surface area contributed by atoms with Crippen LogP contribution in [0.15, 0.2) is 12.1 Å². The van der Waals surface area contributed by atoms with E-state index in [0.29, 0.717) is 6.54 Å². The van der Waals surface area contributed by atoms with Crippen LogP contribution in [0.3, 0.4) is 0 Å². The summed E-state index contributed by atoms with van der Waals surface area (Å²) in [7, 11) is 3.27. The number of aryl methyl sites for hydroxylation is 2. The van der Waals surface area contributed by atoms with Gasteiger partial charge in [0.05, 0.1) is 7.11 Å². The highest BCUT2D eigenvalue weighted by Gasteiger charge is 2.07. The zero-order valence-corrected chi connectivity index (χ0v) is 10.9. The lowest BCUT2D eigenvalue weighted by molar-refractivity contribution is 0.243. The zero-order chi connectivity index (χ0) is 12.8. The third-order valence-electron chi connectivity index (χ3n) is 2.68. The molecule has 0 aliphatic heterocycles. The Balaban J connectivity index is 2.73. The zero-order valence-electron chi connectivity index (χ0n) is 10.9. The standard InChI is InChI=1S/C13H20N2O2/c1-9-7-10(2)11(12(8-9)17-4)5-6-15-13(16)14-3/h7-8H,5-6H2,1-4H3,(H2,14,15,16). The highest BCUT2D eigenvalue weighted by atomic mass is 16.5. The van der Waals surface area contributed by atoms with E-state index in [0.717, 1.165) is 17.7 Å². The molecule has 4 heteroatoms. The van der Waals surface area contributed by atoms with Crippen LogP contribution in [-0.2, 0) is 6.42 Å². The molecule has 0 heterocycles. The van der Waals surface area contributed by atoms with Gasteiger partial charge in [0.1, 0.15) is 5.75 Å². The highest BCUT2D eigenvalue weighted by Crippen LogP contribution is 2.24. The van der Waals surface area contributed by atoms with Crippen molar-refractivity contribution in [1.82, 2.24) is 10.6 Å². The SMILES string of the molecule is CNC(=O)NCCc1c(C)cc(C)cc1OC. The summed E-state index contributed by atoms with van der Waals surface area (Å²) < 4.78 is 5.36. The van der Waals surface area contributed by atoms with Gasteiger partial charge in [-0.1, -0.05) is 6.07 Å². The second kappa shape index (κ2) is 6.13. The Morgan fingerprint density at radius 2 is 2.06 bits per heavy atom. The van der Waals surface area contributed by atoms with Crippen molar-refractivity contribution in [2.24, 2.45) is 0 Å². The Morgan fingerprint density at radius 3 is 2.65 bits per heavy atom. The van der Waals surface area contributed by atoms with Gasteiger partial charge in [0.2, 0.25) is 0 Å². The van der Waals surface area contributed by atoms with Gasteiger partial charge >= 0.3 is 6.03 Å². The molecular formula is C13H20N2O2. The number of urea groups is 1. The van der Waals surface area contributed by atoms with E-state index in [9.17, 15) is 4.79 Å². The van der Waals surface area contributed by atoms with E-state index in [2.05, 4.69) is 23.6 Å². The first-order chi connectivity index (χ1) is 8.08. The van der Waals surface area contributed by atoms with Crippen LogP contribution in [0.5, 0.6) is 5.75 Å². The minimum atomic E-state index is -0.159. The van der Waals surface area contributed by atoms with Crippen LogP contribution in [-0.4, -0.2) is 26.7 Å². The third kappa shape index (κ3) is 3.66. The quantitative estimate of drug-likeness (QED) is 0.837. The summed E-state index contributed by atoms with van der Waals surface area (Å²) in [6, 6.07) is 3.98. The van der Waals surface area contributed by atoms with Crippen LogP contribution in [0.4, 0.5) is 4.79 Å². The minimum absolute atomic E-state index is 0.159. The van der Waals surface area contributed by atoms with Crippen molar-refractivity contribution in [2.45, 2.75) is 20.3 Å². The first-order valence-corrected chi connectivity index (χ1v) is 5.68. The molecular weight excluding hydrogens is 216 g/mol. The lowest BCUT2D eigenvalue weighted by Gasteiger charge is -2.13. The molecule has 0 spiro atoms. The number of amides is 2. The molecule has 0 fully saturated rings. The number of carbonyl (C=O) groups excluding carboxylic acids is 1. The average molecular weight is 236 g/mol. The van der Waals surface area contributed by atoms with Crippen LogP contribution >= 0.6 is 0 Å². The summed E-state index contributed by atoms with van der Waals surface area (Å²) >= 11 is 0. The summed E-state index contributed by atoms with van der Waals surface area (Å²) in [4.78, 5) is 11.0. The van der Waals surface area contributed by atoms with Gasteiger partial charge in [-0.05, 0) is 43.0 Å². The monoisotopic (exact) mass is 236 g/mol. The van der Waals surface area contributed by atoms with Gasteiger partial charge in [-0.2, -0.15) is 0 Å². The van der Waals surface area contributed by atoms with E-state index < -0.39 is 0 Å². The minimum Gasteiger partial charge on any atom is -0.496 e. The van der Waals surface area contributed by atoms with Gasteiger partial charge in [0, 0.05) is 13.6 Å². The molecule has 2 N–H and O–H groups in total. The molecule has 0 unspecified atom stereocenters. The smallest absolute Gasteiger partial charge is 0.314 e. The second-order valence-corrected chi connectivity index (χ2v) is 4.02. The van der Waals surface area contributed by atoms with E-state index in [-0.39, 0.29) is 6.03 Å². The van der Waals surface area contributed by atoms with Crippen LogP contribution < -0.4 is 15.4 Å². The van der Waals surface area contributed by atoms with Crippen molar-refractivity contribution < 1.29 is 9.53 Å². The Kier molecular flexibility index (Phi) is 4.82. The molecule has 1 aromatic carbocycles. The number of nitrogens with one attached hydrogen (secondary N) is 2. The van der Waals surface area contributed by atoms with Crippen LogP contribution in [0.25, 0.3) is 0 Å². The third-order valence-corrected chi connectivity index (χ3v) is 2.68. The Morgan fingerprint density at radius 1 is 1.35 bits per heavy atom. The van der Waals surface area contributed by atoms with Gasteiger partial charge in [0.25, 0.3) is 0 Å². The number of ether oxygens (including phenoxy) is 1. The molecule has 17 heavy (non-hydrogen) atoms. The Labute approximate surface area is 102 Å². The fourth-order valence-corrected chi connectivity index (χ4v) is 1.85. The van der Waals surface area contributed by atoms with Crippen LogP contribution in [0.2, 0.25) is 0 Å². The van der Waals surface area contributed by atoms with Crippen molar-refractivity contribution in [3.8, 4) is 5.75 Å². The summed E-state index contributed by atoms with van der Waals surface area (Å²) in [5.74, 6) is 0.890. The molecule has 0 aromatic heterocycles. The number of methoxy groups -OCH3 is 1. The largest absolute Gasteiger partial charge is 0.496 e. The number of benzene rings is 1. The van der Waals surface area contributed by atoms with Crippen molar-refractivity contribution >= 4 is 6.03 Å². The van der Waals surface area contributed by atoms with Crippen LogP contribution in [0.1, 0.15) is 16.7 Å². The maximum absolute atomic E-state index is 11.0. The Hall–Kier alpha value is -1.71. The maximum atomic E-state index is 11.0. The number of carbonyl (C=O) groups is 1. The van der Waals surface area contributed by atoms with Gasteiger partial charge in [0.15, 0.2) is 0 Å². The van der Waals surface area contributed by atoms with E-state index in [4.69, 9.17) is 4.74 Å². The van der Waals surface area contributed by atoms with Gasteiger partial charge in [-0.25, -0.2) is 4.79 Å². The van der Waals surface area contributed by atoms with Crippen LogP contribution in [0, 0.1) is 13.8 Å². The van der Waals surface area contributed by atoms with Gasteiger partial charge in [-0.15, -0.1) is 0 Å². The highest BCUT2D eigenvalue weighted by molar-refractivity contribution is 5.73. The number of rotatable bonds is 4. The number of hydrogen-bond donors (Lipinski definition) is 2. The summed E-state index contributed by atoms with van der Waals surface area (Å²) in [5.41, 5.74) is 3.53. The predicted molar refractivity (Wildman–Crippen MR) is 68.6 cm³/mol. The summed E-state index contributed by atoms with van der Waals surface area (Å²) in [6.07, 6.45) is 0.767. The molecule has 1 rings (SSSR count). The van der Waals surface area contributed by atoms with Crippen molar-refractivity contribution in [2.75, 3.05) is 20.7 Å². The maximum Gasteiger partial charge on any atom is 0.314 e. The normalized spacial score (nSPS) is 9.88. The molecule has 2 amide bonds.